The first kappa shape index (κ1) is 29.7. The monoisotopic (exact) mass is 503 g/mol. The van der Waals surface area contributed by atoms with Gasteiger partial charge in [-0.15, -0.1) is 0 Å². The maximum Gasteiger partial charge on any atom is 0.255 e. The summed E-state index contributed by atoms with van der Waals surface area (Å²) >= 11 is 0. The highest BCUT2D eigenvalue weighted by Crippen LogP contribution is 2.29. The SMILES string of the molecule is C=C(C)/C(=C\OC)C(=O)NC(C(=O)NC1=CNC(C2CCCCC2)C=C1)C1CCCCCCC1.CC.[HH].[HH]. The van der Waals surface area contributed by atoms with Crippen molar-refractivity contribution in [1.29, 1.82) is 0 Å². The van der Waals surface area contributed by atoms with Gasteiger partial charge in [0.1, 0.15) is 6.04 Å². The first-order chi connectivity index (χ1) is 17.5. The molecule has 0 saturated heterocycles. The Morgan fingerprint density at radius 1 is 1.06 bits per heavy atom. The summed E-state index contributed by atoms with van der Waals surface area (Å²) in [6.07, 6.45) is 21.6. The van der Waals surface area contributed by atoms with E-state index < -0.39 is 6.04 Å². The zero-order chi connectivity index (χ0) is 26.3. The number of hydrogen-bond acceptors (Lipinski definition) is 4. The second-order valence-corrected chi connectivity index (χ2v) is 10.1. The first-order valence-electron chi connectivity index (χ1n) is 14.1. The van der Waals surface area contributed by atoms with Crippen molar-refractivity contribution < 1.29 is 17.2 Å². The molecule has 0 aromatic heterocycles. The van der Waals surface area contributed by atoms with Crippen LogP contribution in [0.5, 0.6) is 0 Å². The average molecular weight is 504 g/mol. The number of methoxy groups -OCH3 is 1. The minimum Gasteiger partial charge on any atom is -0.504 e. The summed E-state index contributed by atoms with van der Waals surface area (Å²) in [4.78, 5) is 26.5. The molecule has 6 heteroatoms. The van der Waals surface area contributed by atoms with Crippen LogP contribution in [-0.4, -0.2) is 31.0 Å². The van der Waals surface area contributed by atoms with Gasteiger partial charge in [0.2, 0.25) is 5.91 Å². The highest BCUT2D eigenvalue weighted by atomic mass is 16.5. The second-order valence-electron chi connectivity index (χ2n) is 10.1. The summed E-state index contributed by atoms with van der Waals surface area (Å²) in [5, 5.41) is 9.57. The van der Waals surface area contributed by atoms with Gasteiger partial charge in [0, 0.05) is 15.1 Å². The van der Waals surface area contributed by atoms with E-state index in [1.807, 2.05) is 26.1 Å². The van der Waals surface area contributed by atoms with E-state index in [9.17, 15) is 9.59 Å². The van der Waals surface area contributed by atoms with Crippen molar-refractivity contribution in [3.8, 4) is 0 Å². The normalized spacial score (nSPS) is 22.4. The van der Waals surface area contributed by atoms with E-state index in [0.29, 0.717) is 23.1 Å². The molecule has 36 heavy (non-hydrogen) atoms. The van der Waals surface area contributed by atoms with Crippen LogP contribution in [0.2, 0.25) is 0 Å². The van der Waals surface area contributed by atoms with Crippen LogP contribution in [0.15, 0.2) is 48.0 Å². The molecule has 1 aliphatic heterocycles. The lowest BCUT2D eigenvalue weighted by molar-refractivity contribution is -0.128. The fourth-order valence-corrected chi connectivity index (χ4v) is 5.48. The van der Waals surface area contributed by atoms with Crippen LogP contribution in [-0.2, 0) is 14.3 Å². The van der Waals surface area contributed by atoms with Crippen LogP contribution in [0, 0.1) is 11.8 Å². The second kappa shape index (κ2) is 16.3. The minimum absolute atomic E-state index is 0. The van der Waals surface area contributed by atoms with Gasteiger partial charge in [-0.1, -0.05) is 77.9 Å². The summed E-state index contributed by atoms with van der Waals surface area (Å²) in [6.45, 7) is 9.66. The molecule has 0 bridgehead atoms. The number of carbonyl (C=O) groups excluding carboxylic acids is 2. The molecule has 2 unspecified atom stereocenters. The van der Waals surface area contributed by atoms with Gasteiger partial charge in [-0.3, -0.25) is 9.59 Å². The topological polar surface area (TPSA) is 79.5 Å². The molecule has 3 N–H and O–H groups in total. The molecular weight excluding hydrogens is 450 g/mol. The number of amides is 2. The number of rotatable bonds is 8. The maximum absolute atomic E-state index is 13.5. The molecule has 2 fully saturated rings. The third-order valence-electron chi connectivity index (χ3n) is 7.47. The Labute approximate surface area is 222 Å². The summed E-state index contributed by atoms with van der Waals surface area (Å²) in [6, 6.07) is -0.269. The fourth-order valence-electron chi connectivity index (χ4n) is 5.48. The molecule has 206 valence electrons. The Bertz CT molecular complexity index is 812. The van der Waals surface area contributed by atoms with Crippen molar-refractivity contribution in [1.82, 2.24) is 16.0 Å². The van der Waals surface area contributed by atoms with E-state index in [1.54, 1.807) is 6.92 Å². The van der Waals surface area contributed by atoms with Crippen LogP contribution < -0.4 is 16.0 Å². The molecule has 0 spiro atoms. The third-order valence-corrected chi connectivity index (χ3v) is 7.47. The number of hydrogen-bond donors (Lipinski definition) is 3. The van der Waals surface area contributed by atoms with Crippen molar-refractivity contribution in [3.05, 3.63) is 48.0 Å². The predicted molar refractivity (Wildman–Crippen MR) is 152 cm³/mol. The van der Waals surface area contributed by atoms with E-state index in [2.05, 4.69) is 28.6 Å². The van der Waals surface area contributed by atoms with E-state index in [4.69, 9.17) is 4.74 Å². The molecule has 2 atom stereocenters. The van der Waals surface area contributed by atoms with Gasteiger partial charge in [0.15, 0.2) is 0 Å². The third kappa shape index (κ3) is 9.18. The molecule has 0 radical (unpaired) electrons. The van der Waals surface area contributed by atoms with Crippen LogP contribution >= 0.6 is 0 Å². The molecule has 2 aliphatic carbocycles. The van der Waals surface area contributed by atoms with Gasteiger partial charge < -0.3 is 20.7 Å². The van der Waals surface area contributed by atoms with Crippen LogP contribution in [0.25, 0.3) is 0 Å². The highest BCUT2D eigenvalue weighted by Gasteiger charge is 2.32. The number of nitrogens with one attached hydrogen (secondary N) is 3. The lowest BCUT2D eigenvalue weighted by atomic mass is 9.83. The van der Waals surface area contributed by atoms with Gasteiger partial charge in [0.25, 0.3) is 5.91 Å². The Kier molecular flexibility index (Phi) is 13.4. The number of ether oxygens (including phenoxy) is 1. The van der Waals surface area contributed by atoms with Crippen molar-refractivity contribution in [2.24, 2.45) is 11.8 Å². The van der Waals surface area contributed by atoms with Gasteiger partial charge in [-0.25, -0.2) is 0 Å². The lowest BCUT2D eigenvalue weighted by Crippen LogP contribution is -2.51. The Morgan fingerprint density at radius 2 is 1.64 bits per heavy atom. The zero-order valence-electron chi connectivity index (χ0n) is 23.0. The van der Waals surface area contributed by atoms with Gasteiger partial charge in [0.05, 0.1) is 24.6 Å². The summed E-state index contributed by atoms with van der Waals surface area (Å²) in [5.74, 6) is 0.286. The van der Waals surface area contributed by atoms with E-state index in [1.165, 1.54) is 64.7 Å². The van der Waals surface area contributed by atoms with Crippen molar-refractivity contribution >= 4 is 11.8 Å². The Morgan fingerprint density at radius 3 is 2.19 bits per heavy atom. The molecule has 6 nitrogen and oxygen atoms in total. The van der Waals surface area contributed by atoms with Crippen molar-refractivity contribution in [3.63, 3.8) is 0 Å². The molecule has 3 rings (SSSR count). The zero-order valence-corrected chi connectivity index (χ0v) is 23.0. The fraction of sp³-hybridized carbons (Fsp3) is 0.667. The maximum atomic E-state index is 13.5. The average Bonchev–Trinajstić information content (AvgIpc) is 2.88. The minimum atomic E-state index is -0.601. The summed E-state index contributed by atoms with van der Waals surface area (Å²) < 4.78 is 5.08. The lowest BCUT2D eigenvalue weighted by Gasteiger charge is -2.31. The smallest absolute Gasteiger partial charge is 0.255 e. The van der Waals surface area contributed by atoms with Crippen molar-refractivity contribution in [2.45, 2.75) is 110 Å². The predicted octanol–water partition coefficient (Wildman–Crippen LogP) is 6.52. The summed E-state index contributed by atoms with van der Waals surface area (Å²) in [7, 11) is 1.50. The summed E-state index contributed by atoms with van der Waals surface area (Å²) in [5.41, 5.74) is 1.71. The quantitative estimate of drug-likeness (QED) is 0.200. The van der Waals surface area contributed by atoms with Crippen LogP contribution in [0.3, 0.4) is 0 Å². The molecule has 0 aromatic carbocycles. The molecule has 3 aliphatic rings. The van der Waals surface area contributed by atoms with Crippen molar-refractivity contribution in [2.75, 3.05) is 7.11 Å². The molecule has 0 aromatic rings. The first-order valence-corrected chi connectivity index (χ1v) is 14.1. The van der Waals surface area contributed by atoms with Crippen LogP contribution in [0.4, 0.5) is 0 Å². The highest BCUT2D eigenvalue weighted by molar-refractivity contribution is 6.00. The van der Waals surface area contributed by atoms with E-state index in [-0.39, 0.29) is 20.6 Å². The van der Waals surface area contributed by atoms with Gasteiger partial charge >= 0.3 is 0 Å². The number of carbonyl (C=O) groups is 2. The standard InChI is InChI=1S/C28H43N3O3.C2H6.2H2/c1-20(2)24(19-34-3)27(32)31-26(22-14-8-5-4-6-9-15-22)28(33)30-23-16-17-25(29-18-23)21-12-10-7-11-13-21;1-2;;/h16-19,21-22,25-26,29H,1,4-15H2,2-3H3,(H,30,33)(H,31,32);1-2H3;2*1H/b24-19+;;;. The van der Waals surface area contributed by atoms with Crippen LogP contribution in [0.1, 0.15) is 101 Å². The Balaban J connectivity index is 0.00000334. The Hall–Kier alpha value is -2.50. The largest absolute Gasteiger partial charge is 0.504 e. The molecule has 2 amide bonds. The number of allylic oxidation sites excluding steroid dienone is 1. The molecule has 2 saturated carbocycles. The number of dihydropyridines is 1. The molecule has 1 heterocycles. The van der Waals surface area contributed by atoms with E-state index in [0.717, 1.165) is 31.4 Å². The van der Waals surface area contributed by atoms with E-state index >= 15 is 0 Å². The molecular formula is C30H53N3O3. The van der Waals surface area contributed by atoms with Gasteiger partial charge in [-0.2, -0.15) is 0 Å². The van der Waals surface area contributed by atoms with Gasteiger partial charge in [-0.05, 0) is 56.1 Å².